The van der Waals surface area contributed by atoms with Gasteiger partial charge in [-0.1, -0.05) is 41.5 Å². The molecule has 0 aliphatic carbocycles. The highest BCUT2D eigenvalue weighted by Crippen LogP contribution is 2.45. The van der Waals surface area contributed by atoms with E-state index in [-0.39, 0.29) is 35.1 Å². The van der Waals surface area contributed by atoms with Crippen molar-refractivity contribution in [1.29, 1.82) is 0 Å². The van der Waals surface area contributed by atoms with Crippen LogP contribution >= 0.6 is 11.8 Å². The van der Waals surface area contributed by atoms with Gasteiger partial charge in [0.2, 0.25) is 5.91 Å². The fourth-order valence-electron chi connectivity index (χ4n) is 3.13. The molecule has 5 nitrogen and oxygen atoms in total. The maximum absolute atomic E-state index is 12.3. The van der Waals surface area contributed by atoms with Gasteiger partial charge in [0.25, 0.3) is 0 Å². The highest BCUT2D eigenvalue weighted by atomic mass is 32.2. The number of amides is 1. The Labute approximate surface area is 159 Å². The minimum atomic E-state index is -0.912. The molecule has 0 aromatic heterocycles. The van der Waals surface area contributed by atoms with Gasteiger partial charge in [-0.05, 0) is 39.7 Å². The third kappa shape index (κ3) is 4.34. The van der Waals surface area contributed by atoms with Gasteiger partial charge in [0.1, 0.15) is 11.1 Å². The summed E-state index contributed by atoms with van der Waals surface area (Å²) in [6, 6.07) is 3.93. The minimum absolute atomic E-state index is 0.0380. The van der Waals surface area contributed by atoms with Crippen LogP contribution in [0.2, 0.25) is 0 Å². The summed E-state index contributed by atoms with van der Waals surface area (Å²) >= 11 is 1.51. The number of carboxylic acids is 1. The van der Waals surface area contributed by atoms with Gasteiger partial charge in [-0.25, -0.2) is 0 Å². The molecule has 1 amide bonds. The van der Waals surface area contributed by atoms with E-state index in [0.717, 1.165) is 16.7 Å². The first-order valence-electron chi connectivity index (χ1n) is 8.83. The molecule has 1 unspecified atom stereocenters. The number of carboxylic acid groups (broad SMARTS) is 1. The number of hydrogen-bond acceptors (Lipinski definition) is 4. The van der Waals surface area contributed by atoms with E-state index in [1.54, 1.807) is 4.90 Å². The number of thioether (sulfide) groups is 1. The molecule has 1 aromatic carbocycles. The highest BCUT2D eigenvalue weighted by Gasteiger charge is 2.35. The molecule has 1 heterocycles. The van der Waals surface area contributed by atoms with Crippen LogP contribution in [0.15, 0.2) is 12.1 Å². The fourth-order valence-corrected chi connectivity index (χ4v) is 4.33. The minimum Gasteiger partial charge on any atom is -0.507 e. The summed E-state index contributed by atoms with van der Waals surface area (Å²) in [5.74, 6) is -0.296. The SMILES string of the molecule is CC(C)(C)c1cc(C2SCC(=O)N2CCC(=O)O)cc(C(C)(C)C)c1O. The molecule has 1 aliphatic heterocycles. The topological polar surface area (TPSA) is 77.8 Å². The Balaban J connectivity index is 2.54. The summed E-state index contributed by atoms with van der Waals surface area (Å²) in [6.07, 6.45) is -0.0703. The fraction of sp³-hybridized carbons (Fsp3) is 0.600. The number of carbonyl (C=O) groups is 2. The second-order valence-electron chi connectivity index (χ2n) is 8.86. The predicted molar refractivity (Wildman–Crippen MR) is 105 cm³/mol. The first-order chi connectivity index (χ1) is 11.8. The maximum Gasteiger partial charge on any atom is 0.305 e. The van der Waals surface area contributed by atoms with Gasteiger partial charge in [0, 0.05) is 6.54 Å². The molecule has 1 aromatic rings. The van der Waals surface area contributed by atoms with Crippen LogP contribution in [-0.2, 0) is 20.4 Å². The molecule has 1 saturated heterocycles. The number of rotatable bonds is 4. The third-order valence-electron chi connectivity index (χ3n) is 4.57. The maximum atomic E-state index is 12.3. The monoisotopic (exact) mass is 379 g/mol. The molecule has 0 radical (unpaired) electrons. The number of aliphatic carboxylic acids is 1. The van der Waals surface area contributed by atoms with E-state index in [0.29, 0.717) is 11.5 Å². The first kappa shape index (κ1) is 20.6. The molecular formula is C20H29NO4S. The molecule has 6 heteroatoms. The molecule has 1 atom stereocenters. The van der Waals surface area contributed by atoms with E-state index < -0.39 is 5.97 Å². The van der Waals surface area contributed by atoms with E-state index in [1.165, 1.54) is 11.8 Å². The zero-order valence-corrected chi connectivity index (χ0v) is 17.2. The molecular weight excluding hydrogens is 350 g/mol. The van der Waals surface area contributed by atoms with Gasteiger partial charge < -0.3 is 15.1 Å². The smallest absolute Gasteiger partial charge is 0.305 e. The molecule has 0 spiro atoms. The van der Waals surface area contributed by atoms with Gasteiger partial charge in [-0.2, -0.15) is 0 Å². The van der Waals surface area contributed by atoms with Crippen LogP contribution in [0.3, 0.4) is 0 Å². The first-order valence-corrected chi connectivity index (χ1v) is 9.88. The summed E-state index contributed by atoms with van der Waals surface area (Å²) in [4.78, 5) is 24.9. The number of phenolic OH excluding ortho intramolecular Hbond substituents is 1. The van der Waals surface area contributed by atoms with Crippen molar-refractivity contribution in [2.24, 2.45) is 0 Å². The Morgan fingerprint density at radius 2 is 1.65 bits per heavy atom. The van der Waals surface area contributed by atoms with E-state index in [1.807, 2.05) is 53.7 Å². The Hall–Kier alpha value is -1.69. The van der Waals surface area contributed by atoms with Crippen molar-refractivity contribution in [3.05, 3.63) is 28.8 Å². The second kappa shape index (κ2) is 7.14. The average Bonchev–Trinajstić information content (AvgIpc) is 2.84. The van der Waals surface area contributed by atoms with Crippen molar-refractivity contribution in [3.63, 3.8) is 0 Å². The number of hydrogen-bond donors (Lipinski definition) is 2. The van der Waals surface area contributed by atoms with E-state index in [9.17, 15) is 14.7 Å². The molecule has 2 rings (SSSR count). The molecule has 26 heavy (non-hydrogen) atoms. The highest BCUT2D eigenvalue weighted by molar-refractivity contribution is 8.00. The number of benzene rings is 1. The summed E-state index contributed by atoms with van der Waals surface area (Å²) in [5, 5.41) is 19.6. The van der Waals surface area contributed by atoms with Crippen molar-refractivity contribution in [2.75, 3.05) is 12.3 Å². The van der Waals surface area contributed by atoms with Crippen molar-refractivity contribution in [3.8, 4) is 5.75 Å². The summed E-state index contributed by atoms with van der Waals surface area (Å²) in [6.45, 7) is 12.5. The Bertz CT molecular complexity index is 680. The zero-order valence-electron chi connectivity index (χ0n) is 16.4. The Morgan fingerprint density at radius 3 is 2.08 bits per heavy atom. The van der Waals surface area contributed by atoms with Crippen LogP contribution in [0.5, 0.6) is 5.75 Å². The van der Waals surface area contributed by atoms with Crippen LogP contribution < -0.4 is 0 Å². The lowest BCUT2D eigenvalue weighted by Crippen LogP contribution is -2.31. The van der Waals surface area contributed by atoms with E-state index >= 15 is 0 Å². The molecule has 1 aliphatic rings. The van der Waals surface area contributed by atoms with Gasteiger partial charge in [-0.3, -0.25) is 9.59 Å². The lowest BCUT2D eigenvalue weighted by Gasteiger charge is -2.31. The van der Waals surface area contributed by atoms with E-state index in [2.05, 4.69) is 0 Å². The lowest BCUT2D eigenvalue weighted by molar-refractivity contribution is -0.138. The Morgan fingerprint density at radius 1 is 1.15 bits per heavy atom. The second-order valence-corrected chi connectivity index (χ2v) is 9.93. The number of nitrogens with zero attached hydrogens (tertiary/aromatic N) is 1. The van der Waals surface area contributed by atoms with Gasteiger partial charge in [0.15, 0.2) is 0 Å². The number of phenols is 1. The van der Waals surface area contributed by atoms with Crippen molar-refractivity contribution < 1.29 is 19.8 Å². The van der Waals surface area contributed by atoms with Crippen molar-refractivity contribution in [1.82, 2.24) is 4.90 Å². The van der Waals surface area contributed by atoms with Crippen LogP contribution in [0.25, 0.3) is 0 Å². The van der Waals surface area contributed by atoms with Crippen LogP contribution in [-0.4, -0.2) is 39.3 Å². The van der Waals surface area contributed by atoms with Crippen LogP contribution in [0.1, 0.15) is 70.0 Å². The van der Waals surface area contributed by atoms with Crippen molar-refractivity contribution in [2.45, 2.75) is 64.2 Å². The summed E-state index contributed by atoms with van der Waals surface area (Å²) < 4.78 is 0. The molecule has 1 fully saturated rings. The van der Waals surface area contributed by atoms with Gasteiger partial charge in [-0.15, -0.1) is 11.8 Å². The van der Waals surface area contributed by atoms with Gasteiger partial charge in [0.05, 0.1) is 12.2 Å². The third-order valence-corrected chi connectivity index (χ3v) is 5.82. The molecule has 0 bridgehead atoms. The van der Waals surface area contributed by atoms with E-state index in [4.69, 9.17) is 5.11 Å². The number of carbonyl (C=O) groups excluding carboxylic acids is 1. The largest absolute Gasteiger partial charge is 0.507 e. The van der Waals surface area contributed by atoms with Crippen LogP contribution in [0, 0.1) is 0 Å². The summed E-state index contributed by atoms with van der Waals surface area (Å²) in [5.41, 5.74) is 2.13. The lowest BCUT2D eigenvalue weighted by atomic mass is 9.78. The van der Waals surface area contributed by atoms with Crippen LogP contribution in [0.4, 0.5) is 0 Å². The predicted octanol–water partition coefficient (Wildman–Crippen LogP) is 4.04. The summed E-state index contributed by atoms with van der Waals surface area (Å²) in [7, 11) is 0. The quantitative estimate of drug-likeness (QED) is 0.826. The molecule has 0 saturated carbocycles. The average molecular weight is 380 g/mol. The standard InChI is InChI=1S/C20H29NO4S/c1-19(2,3)13-9-12(10-14(17(13)25)20(4,5)6)18-21(8-7-16(23)24)15(22)11-26-18/h9-10,18,25H,7-8,11H2,1-6H3,(H,23,24). The molecule has 2 N–H and O–H groups in total. The number of aromatic hydroxyl groups is 1. The zero-order chi connectivity index (χ0) is 19.9. The van der Waals surface area contributed by atoms with Gasteiger partial charge >= 0.3 is 5.97 Å². The normalized spacial score (nSPS) is 18.5. The Kier molecular flexibility index (Phi) is 5.66. The molecule has 144 valence electrons. The van der Waals surface area contributed by atoms with Crippen molar-refractivity contribution >= 4 is 23.6 Å².